The third-order valence-corrected chi connectivity index (χ3v) is 4.37. The number of hydrogen-bond acceptors (Lipinski definition) is 3. The number of rotatable bonds is 4. The van der Waals surface area contributed by atoms with Gasteiger partial charge in [0.1, 0.15) is 11.8 Å². The summed E-state index contributed by atoms with van der Waals surface area (Å²) in [4.78, 5) is 11.8. The molecule has 0 bridgehead atoms. The first-order chi connectivity index (χ1) is 9.40. The Labute approximate surface area is 140 Å². The number of halogens is 5. The SMILES string of the molecule is O=C(NC(CS(=O)(=O)O)C(F)(F)F)c1cc(I)ccc1Br. The van der Waals surface area contributed by atoms with Crippen LogP contribution in [0.25, 0.3) is 0 Å². The molecule has 0 radical (unpaired) electrons. The second kappa shape index (κ2) is 6.79. The molecule has 1 atom stereocenters. The molecule has 0 aliphatic rings. The fourth-order valence-corrected chi connectivity index (χ4v) is 2.95. The van der Waals surface area contributed by atoms with Crippen molar-refractivity contribution in [2.45, 2.75) is 12.2 Å². The second-order valence-electron chi connectivity index (χ2n) is 3.94. The predicted molar refractivity (Wildman–Crippen MR) is 80.6 cm³/mol. The van der Waals surface area contributed by atoms with E-state index in [0.717, 1.165) is 0 Å². The van der Waals surface area contributed by atoms with Gasteiger partial charge in [0.05, 0.1) is 5.56 Å². The Morgan fingerprint density at radius 2 is 2.00 bits per heavy atom. The number of carbonyl (C=O) groups excluding carboxylic acids is 1. The van der Waals surface area contributed by atoms with Gasteiger partial charge in [-0.05, 0) is 56.7 Å². The fourth-order valence-electron chi connectivity index (χ4n) is 1.34. The average Bonchev–Trinajstić information content (AvgIpc) is 2.28. The number of alkyl halides is 3. The van der Waals surface area contributed by atoms with E-state index in [0.29, 0.717) is 3.57 Å². The van der Waals surface area contributed by atoms with Crippen molar-refractivity contribution in [2.24, 2.45) is 0 Å². The Morgan fingerprint density at radius 3 is 2.48 bits per heavy atom. The largest absolute Gasteiger partial charge is 0.409 e. The van der Waals surface area contributed by atoms with Gasteiger partial charge in [0.2, 0.25) is 0 Å². The van der Waals surface area contributed by atoms with E-state index in [1.165, 1.54) is 12.1 Å². The van der Waals surface area contributed by atoms with E-state index >= 15 is 0 Å². The highest BCUT2D eigenvalue weighted by atomic mass is 127. The van der Waals surface area contributed by atoms with Crippen LogP contribution in [-0.4, -0.2) is 36.8 Å². The number of hydrogen-bond donors (Lipinski definition) is 2. The zero-order valence-electron chi connectivity index (χ0n) is 9.99. The van der Waals surface area contributed by atoms with Crippen LogP contribution in [0.2, 0.25) is 0 Å². The second-order valence-corrected chi connectivity index (χ2v) is 7.54. The maximum absolute atomic E-state index is 12.7. The Bertz CT molecular complexity index is 650. The van der Waals surface area contributed by atoms with E-state index in [4.69, 9.17) is 4.55 Å². The van der Waals surface area contributed by atoms with Crippen molar-refractivity contribution in [2.75, 3.05) is 5.75 Å². The van der Waals surface area contributed by atoms with Crippen molar-refractivity contribution in [3.05, 3.63) is 31.8 Å². The molecular weight excluding hydrogens is 494 g/mol. The molecule has 1 unspecified atom stereocenters. The lowest BCUT2D eigenvalue weighted by Crippen LogP contribution is -2.49. The van der Waals surface area contributed by atoms with Gasteiger partial charge in [0.25, 0.3) is 16.0 Å². The highest BCUT2D eigenvalue weighted by Crippen LogP contribution is 2.24. The van der Waals surface area contributed by atoms with Crippen molar-refractivity contribution in [1.82, 2.24) is 5.32 Å². The minimum Gasteiger partial charge on any atom is -0.339 e. The molecule has 0 aliphatic heterocycles. The molecule has 0 saturated heterocycles. The van der Waals surface area contributed by atoms with Crippen molar-refractivity contribution >= 4 is 54.5 Å². The van der Waals surface area contributed by atoms with Crippen LogP contribution in [0.1, 0.15) is 10.4 Å². The van der Waals surface area contributed by atoms with E-state index in [1.807, 2.05) is 22.6 Å². The summed E-state index contributed by atoms with van der Waals surface area (Å²) < 4.78 is 68.8. The molecule has 11 heteroatoms. The van der Waals surface area contributed by atoms with Crippen LogP contribution in [0.5, 0.6) is 0 Å². The molecule has 1 amide bonds. The quantitative estimate of drug-likeness (QED) is 0.490. The minimum absolute atomic E-state index is 0.0773. The Morgan fingerprint density at radius 1 is 1.43 bits per heavy atom. The van der Waals surface area contributed by atoms with Crippen LogP contribution < -0.4 is 5.32 Å². The monoisotopic (exact) mass is 501 g/mol. The first-order valence-electron chi connectivity index (χ1n) is 5.18. The van der Waals surface area contributed by atoms with Crippen LogP contribution in [0.4, 0.5) is 13.2 Å². The highest BCUT2D eigenvalue weighted by molar-refractivity contribution is 14.1. The standard InChI is InChI=1S/C10H8BrF3INO4S/c11-7-2-1-5(15)3-6(7)9(17)16-8(10(12,13)14)4-21(18,19)20/h1-3,8H,4H2,(H,16,17)(H,18,19,20). The summed E-state index contributed by atoms with van der Waals surface area (Å²) in [6, 6.07) is 1.73. The molecular formula is C10H8BrF3INO4S. The lowest BCUT2D eigenvalue weighted by molar-refractivity contribution is -0.148. The van der Waals surface area contributed by atoms with E-state index in [9.17, 15) is 26.4 Å². The van der Waals surface area contributed by atoms with Crippen molar-refractivity contribution in [3.8, 4) is 0 Å². The third-order valence-electron chi connectivity index (χ3n) is 2.25. The topological polar surface area (TPSA) is 83.5 Å². The van der Waals surface area contributed by atoms with Crippen LogP contribution in [0.3, 0.4) is 0 Å². The van der Waals surface area contributed by atoms with Crippen LogP contribution >= 0.6 is 38.5 Å². The molecule has 0 aromatic heterocycles. The molecule has 1 aromatic rings. The van der Waals surface area contributed by atoms with Gasteiger partial charge in [0.15, 0.2) is 0 Å². The van der Waals surface area contributed by atoms with Crippen LogP contribution in [0.15, 0.2) is 22.7 Å². The molecule has 0 fully saturated rings. The molecule has 0 spiro atoms. The maximum Gasteiger partial charge on any atom is 0.409 e. The fraction of sp³-hybridized carbons (Fsp3) is 0.300. The van der Waals surface area contributed by atoms with Gasteiger partial charge in [-0.3, -0.25) is 9.35 Å². The molecule has 2 N–H and O–H groups in total. The Hall–Kier alpha value is -0.400. The molecule has 0 saturated carbocycles. The van der Waals surface area contributed by atoms with Gasteiger partial charge in [-0.2, -0.15) is 21.6 Å². The van der Waals surface area contributed by atoms with Crippen molar-refractivity contribution in [1.29, 1.82) is 0 Å². The smallest absolute Gasteiger partial charge is 0.339 e. The summed E-state index contributed by atoms with van der Waals surface area (Å²) in [7, 11) is -4.90. The highest BCUT2D eigenvalue weighted by Gasteiger charge is 2.43. The molecule has 0 heterocycles. The summed E-state index contributed by atoms with van der Waals surface area (Å²) >= 11 is 4.89. The summed E-state index contributed by atoms with van der Waals surface area (Å²) in [6.07, 6.45) is -5.01. The van der Waals surface area contributed by atoms with Crippen molar-refractivity contribution < 1.29 is 30.9 Å². The van der Waals surface area contributed by atoms with E-state index in [1.54, 1.807) is 11.4 Å². The van der Waals surface area contributed by atoms with Crippen LogP contribution in [-0.2, 0) is 10.1 Å². The van der Waals surface area contributed by atoms with Gasteiger partial charge in [-0.25, -0.2) is 0 Å². The minimum atomic E-state index is -5.01. The number of amides is 1. The predicted octanol–water partition coefficient (Wildman–Crippen LogP) is 2.60. The molecule has 21 heavy (non-hydrogen) atoms. The first-order valence-corrected chi connectivity index (χ1v) is 8.66. The van der Waals surface area contributed by atoms with E-state index in [-0.39, 0.29) is 10.0 Å². The first kappa shape index (κ1) is 18.6. The van der Waals surface area contributed by atoms with Gasteiger partial charge >= 0.3 is 6.18 Å². The molecule has 0 aliphatic carbocycles. The number of carbonyl (C=O) groups is 1. The lowest BCUT2D eigenvalue weighted by atomic mass is 10.2. The van der Waals surface area contributed by atoms with Gasteiger partial charge < -0.3 is 5.32 Å². The summed E-state index contributed by atoms with van der Waals surface area (Å²) in [5, 5.41) is 1.56. The van der Waals surface area contributed by atoms with Gasteiger partial charge in [-0.1, -0.05) is 0 Å². The summed E-state index contributed by atoms with van der Waals surface area (Å²) in [5.74, 6) is -2.75. The Kier molecular flexibility index (Phi) is 6.03. The summed E-state index contributed by atoms with van der Waals surface area (Å²) in [5.41, 5.74) is -0.0773. The van der Waals surface area contributed by atoms with E-state index < -0.39 is 34.0 Å². The normalized spacial score (nSPS) is 13.8. The lowest BCUT2D eigenvalue weighted by Gasteiger charge is -2.20. The zero-order chi connectivity index (χ0) is 16.4. The molecule has 1 rings (SSSR count). The third kappa shape index (κ3) is 6.08. The molecule has 5 nitrogen and oxygen atoms in total. The van der Waals surface area contributed by atoms with Gasteiger partial charge in [-0.15, -0.1) is 0 Å². The van der Waals surface area contributed by atoms with Crippen molar-refractivity contribution in [3.63, 3.8) is 0 Å². The van der Waals surface area contributed by atoms with Crippen LogP contribution in [0, 0.1) is 3.57 Å². The van der Waals surface area contributed by atoms with Gasteiger partial charge in [0, 0.05) is 8.04 Å². The van der Waals surface area contributed by atoms with E-state index in [2.05, 4.69) is 15.9 Å². The average molecular weight is 502 g/mol. The molecule has 1 aromatic carbocycles. The maximum atomic E-state index is 12.7. The summed E-state index contributed by atoms with van der Waals surface area (Å²) in [6.45, 7) is 0. The zero-order valence-corrected chi connectivity index (χ0v) is 14.5. The Balaban J connectivity index is 3.03. The number of nitrogens with one attached hydrogen (secondary N) is 1. The number of benzene rings is 1. The molecule has 118 valence electrons.